The molecule has 0 bridgehead atoms. The molecular formula is C23H18ClNO5. The van der Waals surface area contributed by atoms with Crippen molar-refractivity contribution in [1.29, 1.82) is 0 Å². The Morgan fingerprint density at radius 1 is 1.13 bits per heavy atom. The molecule has 152 valence electrons. The van der Waals surface area contributed by atoms with Crippen LogP contribution in [0.15, 0.2) is 82.7 Å². The Hall–Kier alpha value is -3.51. The normalized spacial score (nSPS) is 16.3. The lowest BCUT2D eigenvalue weighted by atomic mass is 9.95. The number of aliphatic hydroxyl groups excluding tert-OH is 1. The van der Waals surface area contributed by atoms with Crippen molar-refractivity contribution in [3.63, 3.8) is 0 Å². The largest absolute Gasteiger partial charge is 0.503 e. The van der Waals surface area contributed by atoms with Crippen molar-refractivity contribution in [2.45, 2.75) is 12.6 Å². The topological polar surface area (TPSA) is 80.0 Å². The molecule has 1 aliphatic heterocycles. The molecule has 0 radical (unpaired) electrons. The SMILES string of the molecule is COc1ccc(CN2C(=O)C(O)=C(C(=O)c3ccco3)C2c2ccc(Cl)cc2)cc1. The molecule has 30 heavy (non-hydrogen) atoms. The van der Waals surface area contributed by atoms with E-state index in [1.807, 2.05) is 12.1 Å². The average molecular weight is 424 g/mol. The summed E-state index contributed by atoms with van der Waals surface area (Å²) < 4.78 is 10.4. The summed E-state index contributed by atoms with van der Waals surface area (Å²) in [6.07, 6.45) is 1.37. The van der Waals surface area contributed by atoms with Crippen LogP contribution in [-0.4, -0.2) is 28.8 Å². The minimum atomic E-state index is -0.783. The van der Waals surface area contributed by atoms with E-state index < -0.39 is 23.5 Å². The van der Waals surface area contributed by atoms with Crippen LogP contribution < -0.4 is 4.74 Å². The van der Waals surface area contributed by atoms with Crippen molar-refractivity contribution in [3.8, 4) is 5.75 Å². The summed E-state index contributed by atoms with van der Waals surface area (Å²) in [5, 5.41) is 11.1. The number of amides is 1. The van der Waals surface area contributed by atoms with E-state index in [4.69, 9.17) is 20.8 Å². The lowest BCUT2D eigenvalue weighted by Gasteiger charge is -2.27. The third-order valence-electron chi connectivity index (χ3n) is 4.99. The van der Waals surface area contributed by atoms with Crippen molar-refractivity contribution in [2.75, 3.05) is 7.11 Å². The van der Waals surface area contributed by atoms with Crippen LogP contribution in [0, 0.1) is 0 Å². The first-order valence-corrected chi connectivity index (χ1v) is 9.58. The van der Waals surface area contributed by atoms with Gasteiger partial charge in [0.05, 0.1) is 25.0 Å². The average Bonchev–Trinajstić information content (AvgIpc) is 3.38. The Kier molecular flexibility index (Phi) is 5.33. The zero-order valence-electron chi connectivity index (χ0n) is 16.0. The maximum atomic E-state index is 13.1. The first kappa shape index (κ1) is 19.8. The Morgan fingerprint density at radius 3 is 2.43 bits per heavy atom. The second-order valence-electron chi connectivity index (χ2n) is 6.80. The van der Waals surface area contributed by atoms with Crippen LogP contribution in [0.3, 0.4) is 0 Å². The molecule has 4 rings (SSSR count). The number of ether oxygens (including phenoxy) is 1. The predicted octanol–water partition coefficient (Wildman–Crippen LogP) is 4.72. The molecule has 1 aliphatic rings. The molecule has 0 fully saturated rings. The molecule has 0 saturated carbocycles. The number of carbonyl (C=O) groups is 2. The highest BCUT2D eigenvalue weighted by atomic mass is 35.5. The summed E-state index contributed by atoms with van der Waals surface area (Å²) in [6.45, 7) is 0.190. The van der Waals surface area contributed by atoms with Crippen LogP contribution in [0.5, 0.6) is 5.75 Å². The highest BCUT2D eigenvalue weighted by Gasteiger charge is 2.44. The van der Waals surface area contributed by atoms with Crippen molar-refractivity contribution in [2.24, 2.45) is 0 Å². The van der Waals surface area contributed by atoms with Gasteiger partial charge in [0.25, 0.3) is 5.91 Å². The summed E-state index contributed by atoms with van der Waals surface area (Å²) >= 11 is 6.01. The van der Waals surface area contributed by atoms with Gasteiger partial charge in [0, 0.05) is 11.6 Å². The van der Waals surface area contributed by atoms with Gasteiger partial charge in [-0.1, -0.05) is 35.9 Å². The molecule has 1 unspecified atom stereocenters. The number of methoxy groups -OCH3 is 1. The Morgan fingerprint density at radius 2 is 1.83 bits per heavy atom. The number of halogens is 1. The van der Waals surface area contributed by atoms with Gasteiger partial charge in [-0.15, -0.1) is 0 Å². The number of rotatable bonds is 6. The van der Waals surface area contributed by atoms with Gasteiger partial charge < -0.3 is 19.2 Å². The molecule has 0 spiro atoms. The zero-order chi connectivity index (χ0) is 21.3. The second-order valence-corrected chi connectivity index (χ2v) is 7.24. The maximum absolute atomic E-state index is 13.1. The van der Waals surface area contributed by atoms with Gasteiger partial charge in [0.15, 0.2) is 11.5 Å². The van der Waals surface area contributed by atoms with Crippen molar-refractivity contribution < 1.29 is 23.8 Å². The van der Waals surface area contributed by atoms with Crippen LogP contribution in [0.25, 0.3) is 0 Å². The molecule has 6 nitrogen and oxygen atoms in total. The number of nitrogens with zero attached hydrogens (tertiary/aromatic N) is 1. The van der Waals surface area contributed by atoms with E-state index >= 15 is 0 Å². The fraction of sp³-hybridized carbons (Fsp3) is 0.130. The van der Waals surface area contributed by atoms with Gasteiger partial charge in [-0.25, -0.2) is 0 Å². The number of furan rings is 1. The molecule has 2 aromatic carbocycles. The number of carbonyl (C=O) groups excluding carboxylic acids is 2. The first-order valence-electron chi connectivity index (χ1n) is 9.20. The molecule has 0 saturated heterocycles. The predicted molar refractivity (Wildman–Crippen MR) is 110 cm³/mol. The lowest BCUT2D eigenvalue weighted by Crippen LogP contribution is -2.30. The lowest BCUT2D eigenvalue weighted by molar-refractivity contribution is -0.130. The molecule has 2 heterocycles. The molecule has 0 aliphatic carbocycles. The number of benzene rings is 2. The van der Waals surface area contributed by atoms with E-state index in [9.17, 15) is 14.7 Å². The van der Waals surface area contributed by atoms with Gasteiger partial charge in [-0.3, -0.25) is 9.59 Å². The Bertz CT molecular complexity index is 1100. The standard InChI is InChI=1S/C23H18ClNO5/c1-29-17-10-4-14(5-11-17)13-25-20(15-6-8-16(24)9-7-15)19(22(27)23(25)28)21(26)18-3-2-12-30-18/h2-12,20,27H,13H2,1H3. The first-order chi connectivity index (χ1) is 14.5. The van der Waals surface area contributed by atoms with Crippen LogP contribution in [-0.2, 0) is 11.3 Å². The summed E-state index contributed by atoms with van der Waals surface area (Å²) in [5.41, 5.74) is 1.45. The second kappa shape index (κ2) is 8.08. The number of Topliss-reactive ketones (excluding diaryl/α,β-unsaturated/α-hetero) is 1. The third kappa shape index (κ3) is 3.57. The van der Waals surface area contributed by atoms with Crippen LogP contribution in [0.4, 0.5) is 0 Å². The number of ketones is 1. The van der Waals surface area contributed by atoms with Crippen molar-refractivity contribution >= 4 is 23.3 Å². The van der Waals surface area contributed by atoms with E-state index in [0.717, 1.165) is 5.56 Å². The van der Waals surface area contributed by atoms with E-state index in [2.05, 4.69) is 0 Å². The van der Waals surface area contributed by atoms with Gasteiger partial charge >= 0.3 is 0 Å². The minimum Gasteiger partial charge on any atom is -0.503 e. The summed E-state index contributed by atoms with van der Waals surface area (Å²) in [6, 6.07) is 16.3. The highest BCUT2D eigenvalue weighted by Crippen LogP contribution is 2.40. The van der Waals surface area contributed by atoms with Crippen LogP contribution >= 0.6 is 11.6 Å². The molecule has 1 atom stereocenters. The zero-order valence-corrected chi connectivity index (χ0v) is 16.8. The summed E-state index contributed by atoms with van der Waals surface area (Å²) in [7, 11) is 1.57. The third-order valence-corrected chi connectivity index (χ3v) is 5.24. The van der Waals surface area contributed by atoms with E-state index in [0.29, 0.717) is 16.3 Å². The van der Waals surface area contributed by atoms with E-state index in [-0.39, 0.29) is 17.9 Å². The van der Waals surface area contributed by atoms with Crippen molar-refractivity contribution in [1.82, 2.24) is 4.90 Å². The van der Waals surface area contributed by atoms with Crippen LogP contribution in [0.1, 0.15) is 27.7 Å². The van der Waals surface area contributed by atoms with E-state index in [1.165, 1.54) is 17.2 Å². The van der Waals surface area contributed by atoms with Crippen LogP contribution in [0.2, 0.25) is 5.02 Å². The quantitative estimate of drug-likeness (QED) is 0.580. The van der Waals surface area contributed by atoms with Gasteiger partial charge in [-0.2, -0.15) is 0 Å². The molecule has 3 aromatic rings. The van der Waals surface area contributed by atoms with Crippen molar-refractivity contribution in [3.05, 3.63) is 100 Å². The van der Waals surface area contributed by atoms with E-state index in [1.54, 1.807) is 49.6 Å². The molecule has 1 N–H and O–H groups in total. The Labute approximate surface area is 177 Å². The monoisotopic (exact) mass is 423 g/mol. The smallest absolute Gasteiger partial charge is 0.290 e. The fourth-order valence-corrected chi connectivity index (χ4v) is 3.63. The summed E-state index contributed by atoms with van der Waals surface area (Å²) in [4.78, 5) is 27.5. The van der Waals surface area contributed by atoms with Gasteiger partial charge in [0.2, 0.25) is 5.78 Å². The molecular weight excluding hydrogens is 406 g/mol. The number of aliphatic hydroxyl groups is 1. The highest BCUT2D eigenvalue weighted by molar-refractivity contribution is 6.30. The van der Waals surface area contributed by atoms with Gasteiger partial charge in [0.1, 0.15) is 5.75 Å². The molecule has 1 amide bonds. The molecule has 1 aromatic heterocycles. The summed E-state index contributed by atoms with van der Waals surface area (Å²) in [5.74, 6) is -1.00. The number of hydrogen-bond donors (Lipinski definition) is 1. The number of hydrogen-bond acceptors (Lipinski definition) is 5. The van der Waals surface area contributed by atoms with Gasteiger partial charge in [-0.05, 0) is 47.5 Å². The fourth-order valence-electron chi connectivity index (χ4n) is 3.51. The minimum absolute atomic E-state index is 0.0224. The molecule has 7 heteroatoms. The Balaban J connectivity index is 1.75. The maximum Gasteiger partial charge on any atom is 0.290 e.